The molecule has 22 heavy (non-hydrogen) atoms. The van der Waals surface area contributed by atoms with E-state index in [-0.39, 0.29) is 12.1 Å². The molecule has 1 amide bonds. The summed E-state index contributed by atoms with van der Waals surface area (Å²) in [7, 11) is 0. The Bertz CT molecular complexity index is 489. The van der Waals surface area contributed by atoms with E-state index in [0.717, 1.165) is 24.6 Å². The summed E-state index contributed by atoms with van der Waals surface area (Å²) in [6.07, 6.45) is 0.923. The van der Waals surface area contributed by atoms with Crippen LogP contribution in [0, 0.1) is 0 Å². The van der Waals surface area contributed by atoms with Gasteiger partial charge in [0.05, 0.1) is 6.17 Å². The predicted octanol–water partition coefficient (Wildman–Crippen LogP) is 2.76. The zero-order valence-electron chi connectivity index (χ0n) is 13.9. The molecule has 1 heterocycles. The van der Waals surface area contributed by atoms with Crippen LogP contribution < -0.4 is 14.8 Å². The van der Waals surface area contributed by atoms with Crippen molar-refractivity contribution >= 4 is 5.91 Å². The Kier molecular flexibility index (Phi) is 5.29. The molecule has 1 atom stereocenters. The van der Waals surface area contributed by atoms with Crippen molar-refractivity contribution < 1.29 is 14.3 Å². The van der Waals surface area contributed by atoms with Gasteiger partial charge in [0.15, 0.2) is 11.5 Å². The van der Waals surface area contributed by atoms with Gasteiger partial charge in [0.1, 0.15) is 0 Å². The quantitative estimate of drug-likeness (QED) is 0.787. The molecule has 1 aromatic rings. The van der Waals surface area contributed by atoms with Crippen molar-refractivity contribution in [3.63, 3.8) is 0 Å². The van der Waals surface area contributed by atoms with E-state index in [0.29, 0.717) is 12.8 Å². The second-order valence-corrected chi connectivity index (χ2v) is 5.75. The van der Waals surface area contributed by atoms with Gasteiger partial charge in [0.2, 0.25) is 11.7 Å². The third kappa shape index (κ3) is 3.91. The maximum Gasteiger partial charge on any atom is 0.249 e. The molecule has 0 aliphatic carbocycles. The van der Waals surface area contributed by atoms with Gasteiger partial charge < -0.3 is 14.8 Å². The minimum absolute atomic E-state index is 0.0174. The molecule has 5 nitrogen and oxygen atoms in total. The number of carbonyl (C=O) groups excluding carboxylic acids is 1. The van der Waals surface area contributed by atoms with E-state index < -0.39 is 5.79 Å². The van der Waals surface area contributed by atoms with Crippen molar-refractivity contribution in [2.45, 2.75) is 52.5 Å². The molecule has 1 aliphatic heterocycles. The predicted molar refractivity (Wildman–Crippen MR) is 85.9 cm³/mol. The van der Waals surface area contributed by atoms with E-state index in [2.05, 4.69) is 24.1 Å². The van der Waals surface area contributed by atoms with Crippen LogP contribution in [0.1, 0.15) is 40.5 Å². The summed E-state index contributed by atoms with van der Waals surface area (Å²) >= 11 is 0. The lowest BCUT2D eigenvalue weighted by Crippen LogP contribution is -2.46. The molecule has 1 N–H and O–H groups in total. The molecule has 122 valence electrons. The second-order valence-electron chi connectivity index (χ2n) is 5.75. The summed E-state index contributed by atoms with van der Waals surface area (Å²) in [5, 5.41) is 3.02. The third-order valence-corrected chi connectivity index (χ3v) is 4.04. The highest BCUT2D eigenvalue weighted by molar-refractivity contribution is 5.76. The maximum absolute atomic E-state index is 12.1. The highest BCUT2D eigenvalue weighted by atomic mass is 16.7. The second kappa shape index (κ2) is 7.01. The van der Waals surface area contributed by atoms with Crippen LogP contribution in [0.15, 0.2) is 24.3 Å². The van der Waals surface area contributed by atoms with Crippen molar-refractivity contribution in [2.24, 2.45) is 0 Å². The zero-order chi connectivity index (χ0) is 16.2. The smallest absolute Gasteiger partial charge is 0.249 e. The summed E-state index contributed by atoms with van der Waals surface area (Å²) in [4.78, 5) is 14.3. The van der Waals surface area contributed by atoms with Gasteiger partial charge in [-0.1, -0.05) is 26.0 Å². The molecule has 0 saturated carbocycles. The standard InChI is InChI=1S/C17H26N2O3/c1-5-19(6-2)13(3)18-16(20)11-12-17(4)21-14-9-7-8-10-15(14)22-17/h7-10,13H,5-6,11-12H2,1-4H3,(H,18,20). The highest BCUT2D eigenvalue weighted by Gasteiger charge is 2.36. The first-order valence-corrected chi connectivity index (χ1v) is 7.98. The van der Waals surface area contributed by atoms with Crippen LogP contribution in [0.5, 0.6) is 11.5 Å². The monoisotopic (exact) mass is 306 g/mol. The summed E-state index contributed by atoms with van der Waals surface area (Å²) in [6.45, 7) is 9.88. The SMILES string of the molecule is CCN(CC)C(C)NC(=O)CCC1(C)Oc2ccccc2O1. The molecular weight excluding hydrogens is 280 g/mol. The number of nitrogens with zero attached hydrogens (tertiary/aromatic N) is 1. The number of hydrogen-bond acceptors (Lipinski definition) is 4. The Balaban J connectivity index is 1.82. The largest absolute Gasteiger partial charge is 0.449 e. The van der Waals surface area contributed by atoms with Gasteiger partial charge in [0, 0.05) is 19.8 Å². The fraction of sp³-hybridized carbons (Fsp3) is 0.588. The molecule has 0 saturated heterocycles. The molecule has 0 spiro atoms. The van der Waals surface area contributed by atoms with Crippen LogP contribution in [-0.2, 0) is 4.79 Å². The van der Waals surface area contributed by atoms with Crippen molar-refractivity contribution in [1.82, 2.24) is 10.2 Å². The topological polar surface area (TPSA) is 50.8 Å². The fourth-order valence-corrected chi connectivity index (χ4v) is 2.72. The maximum atomic E-state index is 12.1. The van der Waals surface area contributed by atoms with Crippen LogP contribution in [0.2, 0.25) is 0 Å². The summed E-state index contributed by atoms with van der Waals surface area (Å²) in [5.41, 5.74) is 0. The van der Waals surface area contributed by atoms with Crippen molar-refractivity contribution in [1.29, 1.82) is 0 Å². The molecule has 2 rings (SSSR count). The average molecular weight is 306 g/mol. The van der Waals surface area contributed by atoms with Gasteiger partial charge in [0.25, 0.3) is 0 Å². The number of para-hydroxylation sites is 2. The first-order valence-electron chi connectivity index (χ1n) is 7.98. The summed E-state index contributed by atoms with van der Waals surface area (Å²) in [6, 6.07) is 7.57. The van der Waals surface area contributed by atoms with Gasteiger partial charge in [-0.3, -0.25) is 9.69 Å². The van der Waals surface area contributed by atoms with Crippen molar-refractivity contribution in [3.8, 4) is 11.5 Å². The summed E-state index contributed by atoms with van der Waals surface area (Å²) < 4.78 is 11.7. The first kappa shape index (κ1) is 16.6. The van der Waals surface area contributed by atoms with Gasteiger partial charge in [-0.15, -0.1) is 0 Å². The van der Waals surface area contributed by atoms with E-state index in [4.69, 9.17) is 9.47 Å². The zero-order valence-corrected chi connectivity index (χ0v) is 13.9. The number of fused-ring (bicyclic) bond motifs is 1. The van der Waals surface area contributed by atoms with E-state index in [1.165, 1.54) is 0 Å². The van der Waals surface area contributed by atoms with Crippen LogP contribution >= 0.6 is 0 Å². The lowest BCUT2D eigenvalue weighted by Gasteiger charge is -2.28. The fourth-order valence-electron chi connectivity index (χ4n) is 2.72. The lowest BCUT2D eigenvalue weighted by molar-refractivity contribution is -0.126. The lowest BCUT2D eigenvalue weighted by atomic mass is 10.1. The van der Waals surface area contributed by atoms with Gasteiger partial charge in [-0.05, 0) is 32.1 Å². The minimum Gasteiger partial charge on any atom is -0.449 e. The number of carbonyl (C=O) groups is 1. The molecule has 1 aliphatic rings. The van der Waals surface area contributed by atoms with Gasteiger partial charge in [-0.2, -0.15) is 0 Å². The number of amides is 1. The Morgan fingerprint density at radius 3 is 2.27 bits per heavy atom. The van der Waals surface area contributed by atoms with E-state index >= 15 is 0 Å². The molecule has 1 unspecified atom stereocenters. The van der Waals surface area contributed by atoms with E-state index in [1.54, 1.807) is 0 Å². The van der Waals surface area contributed by atoms with Crippen LogP contribution in [-0.4, -0.2) is 35.8 Å². The van der Waals surface area contributed by atoms with Gasteiger partial charge in [-0.25, -0.2) is 0 Å². The number of rotatable bonds is 7. The van der Waals surface area contributed by atoms with E-state index in [1.807, 2.05) is 38.1 Å². The Hall–Kier alpha value is -1.75. The molecule has 5 heteroatoms. The van der Waals surface area contributed by atoms with Crippen LogP contribution in [0.3, 0.4) is 0 Å². The van der Waals surface area contributed by atoms with Crippen LogP contribution in [0.25, 0.3) is 0 Å². The number of benzene rings is 1. The van der Waals surface area contributed by atoms with Crippen LogP contribution in [0.4, 0.5) is 0 Å². The summed E-state index contributed by atoms with van der Waals surface area (Å²) in [5.74, 6) is 0.729. The normalized spacial score (nSPS) is 16.6. The number of nitrogens with one attached hydrogen (secondary N) is 1. The number of ether oxygens (including phenoxy) is 2. The molecule has 0 aromatic heterocycles. The Morgan fingerprint density at radius 1 is 1.23 bits per heavy atom. The molecular formula is C17H26N2O3. The average Bonchev–Trinajstić information content (AvgIpc) is 2.83. The number of hydrogen-bond donors (Lipinski definition) is 1. The third-order valence-electron chi connectivity index (χ3n) is 4.04. The van der Waals surface area contributed by atoms with Crippen molar-refractivity contribution in [3.05, 3.63) is 24.3 Å². The Labute approximate surface area is 132 Å². The van der Waals surface area contributed by atoms with E-state index in [9.17, 15) is 4.79 Å². The molecule has 0 radical (unpaired) electrons. The molecule has 0 bridgehead atoms. The molecule has 1 aromatic carbocycles. The first-order chi connectivity index (χ1) is 10.5. The van der Waals surface area contributed by atoms with Crippen molar-refractivity contribution in [2.75, 3.05) is 13.1 Å². The Morgan fingerprint density at radius 2 is 1.77 bits per heavy atom. The van der Waals surface area contributed by atoms with Gasteiger partial charge >= 0.3 is 0 Å². The molecule has 0 fully saturated rings. The minimum atomic E-state index is -0.764. The highest BCUT2D eigenvalue weighted by Crippen LogP contribution is 2.40.